The van der Waals surface area contributed by atoms with E-state index in [1.54, 1.807) is 0 Å². The third kappa shape index (κ3) is 2.94. The zero-order chi connectivity index (χ0) is 12.8. The van der Waals surface area contributed by atoms with Gasteiger partial charge in [0.25, 0.3) is 0 Å². The Balaban J connectivity index is 1.98. The number of ether oxygens (including phenoxy) is 1. The van der Waals surface area contributed by atoms with Crippen LogP contribution in [0.15, 0.2) is 0 Å². The Hall–Kier alpha value is -0.410. The van der Waals surface area contributed by atoms with Crippen molar-refractivity contribution in [1.82, 2.24) is 4.90 Å². The minimum atomic E-state index is -0.159. The van der Waals surface area contributed by atoms with E-state index in [0.717, 1.165) is 32.4 Å². The van der Waals surface area contributed by atoms with E-state index < -0.39 is 0 Å². The van der Waals surface area contributed by atoms with Crippen molar-refractivity contribution in [2.75, 3.05) is 26.3 Å². The Morgan fingerprint density at radius 3 is 2.39 bits per heavy atom. The second-order valence-corrected chi connectivity index (χ2v) is 5.76. The molecule has 1 aliphatic carbocycles. The molecule has 2 aliphatic rings. The predicted molar refractivity (Wildman–Crippen MR) is 72.7 cm³/mol. The average molecular weight is 253 g/mol. The first-order chi connectivity index (χ1) is 8.79. The lowest BCUT2D eigenvalue weighted by Crippen LogP contribution is -2.55. The number of nitrogens with zero attached hydrogens (tertiary/aromatic N) is 1. The van der Waals surface area contributed by atoms with E-state index in [1.165, 1.54) is 32.1 Å². The maximum atomic E-state index is 12.6. The van der Waals surface area contributed by atoms with Gasteiger partial charge in [0.1, 0.15) is 6.61 Å². The Kier molecular flexibility index (Phi) is 5.19. The molecule has 1 saturated heterocycles. The number of ketones is 1. The minimum absolute atomic E-state index is 0.159. The fourth-order valence-corrected chi connectivity index (χ4v) is 3.50. The summed E-state index contributed by atoms with van der Waals surface area (Å²) in [5.74, 6) is 0.343. The van der Waals surface area contributed by atoms with Crippen molar-refractivity contribution in [3.05, 3.63) is 0 Å². The number of rotatable bonds is 6. The smallest absolute Gasteiger partial charge is 0.178 e. The largest absolute Gasteiger partial charge is 0.374 e. The van der Waals surface area contributed by atoms with E-state index in [9.17, 15) is 4.79 Å². The SMILES string of the molecule is CCCOCC(=O)C1(N2CCCCC2)CCCC1. The molecule has 1 aliphatic heterocycles. The second-order valence-electron chi connectivity index (χ2n) is 5.76. The summed E-state index contributed by atoms with van der Waals surface area (Å²) in [6, 6.07) is 0. The van der Waals surface area contributed by atoms with Gasteiger partial charge in [0.15, 0.2) is 5.78 Å². The lowest BCUT2D eigenvalue weighted by Gasteiger charge is -2.42. The molecule has 18 heavy (non-hydrogen) atoms. The molecule has 1 heterocycles. The summed E-state index contributed by atoms with van der Waals surface area (Å²) < 4.78 is 5.50. The predicted octanol–water partition coefficient (Wildman–Crippen LogP) is 2.78. The zero-order valence-electron chi connectivity index (χ0n) is 11.7. The van der Waals surface area contributed by atoms with Crippen molar-refractivity contribution in [3.8, 4) is 0 Å². The van der Waals surface area contributed by atoms with Gasteiger partial charge in [-0.1, -0.05) is 26.2 Å². The van der Waals surface area contributed by atoms with E-state index in [1.807, 2.05) is 0 Å². The van der Waals surface area contributed by atoms with Crippen molar-refractivity contribution >= 4 is 5.78 Å². The van der Waals surface area contributed by atoms with Crippen molar-refractivity contribution in [2.45, 2.75) is 63.8 Å². The van der Waals surface area contributed by atoms with Gasteiger partial charge in [-0.05, 0) is 45.2 Å². The van der Waals surface area contributed by atoms with Gasteiger partial charge in [-0.2, -0.15) is 0 Å². The molecule has 0 N–H and O–H groups in total. The molecular formula is C15H27NO2. The van der Waals surface area contributed by atoms with Crippen LogP contribution in [0, 0.1) is 0 Å². The summed E-state index contributed by atoms with van der Waals surface area (Å²) in [6.45, 7) is 5.34. The Bertz CT molecular complexity index is 266. The summed E-state index contributed by atoms with van der Waals surface area (Å²) in [5, 5.41) is 0. The van der Waals surface area contributed by atoms with E-state index in [2.05, 4.69) is 11.8 Å². The standard InChI is InChI=1S/C15H27NO2/c1-2-12-18-13-14(17)15(8-4-5-9-15)16-10-6-3-7-11-16/h2-13H2,1H3. The maximum Gasteiger partial charge on any atom is 0.178 e. The molecule has 0 aromatic carbocycles. The minimum Gasteiger partial charge on any atom is -0.374 e. The molecular weight excluding hydrogens is 226 g/mol. The van der Waals surface area contributed by atoms with Gasteiger partial charge in [0.05, 0.1) is 5.54 Å². The lowest BCUT2D eigenvalue weighted by atomic mass is 9.88. The number of Topliss-reactive ketones (excluding diaryl/α,β-unsaturated/α-hetero) is 1. The third-order valence-electron chi connectivity index (χ3n) is 4.49. The van der Waals surface area contributed by atoms with E-state index in [-0.39, 0.29) is 5.54 Å². The molecule has 0 aromatic heterocycles. The van der Waals surface area contributed by atoms with Gasteiger partial charge >= 0.3 is 0 Å². The number of carbonyl (C=O) groups excluding carboxylic acids is 1. The van der Waals surface area contributed by atoms with Gasteiger partial charge < -0.3 is 4.74 Å². The number of hydrogen-bond acceptors (Lipinski definition) is 3. The maximum absolute atomic E-state index is 12.6. The van der Waals surface area contributed by atoms with Crippen LogP contribution in [0.1, 0.15) is 58.3 Å². The van der Waals surface area contributed by atoms with Crippen molar-refractivity contribution in [1.29, 1.82) is 0 Å². The van der Waals surface area contributed by atoms with Crippen LogP contribution < -0.4 is 0 Å². The highest BCUT2D eigenvalue weighted by atomic mass is 16.5. The highest BCUT2D eigenvalue weighted by Gasteiger charge is 2.45. The average Bonchev–Trinajstić information content (AvgIpc) is 2.90. The first-order valence-corrected chi connectivity index (χ1v) is 7.66. The van der Waals surface area contributed by atoms with Crippen LogP contribution in [0.5, 0.6) is 0 Å². The fraction of sp³-hybridized carbons (Fsp3) is 0.933. The first-order valence-electron chi connectivity index (χ1n) is 7.66. The fourth-order valence-electron chi connectivity index (χ4n) is 3.50. The van der Waals surface area contributed by atoms with E-state index in [4.69, 9.17) is 4.74 Å². The van der Waals surface area contributed by atoms with Crippen LogP contribution in [0.2, 0.25) is 0 Å². The number of piperidine rings is 1. The first kappa shape index (κ1) is 14.0. The van der Waals surface area contributed by atoms with E-state index in [0.29, 0.717) is 19.0 Å². The van der Waals surface area contributed by atoms with Gasteiger partial charge in [-0.25, -0.2) is 0 Å². The molecule has 0 radical (unpaired) electrons. The van der Waals surface area contributed by atoms with Crippen molar-refractivity contribution in [2.24, 2.45) is 0 Å². The topological polar surface area (TPSA) is 29.5 Å². The van der Waals surface area contributed by atoms with Crippen LogP contribution in [-0.4, -0.2) is 42.5 Å². The molecule has 3 nitrogen and oxygen atoms in total. The molecule has 3 heteroatoms. The van der Waals surface area contributed by atoms with Crippen LogP contribution in [-0.2, 0) is 9.53 Å². The van der Waals surface area contributed by atoms with Gasteiger partial charge in [0.2, 0.25) is 0 Å². The van der Waals surface area contributed by atoms with Crippen LogP contribution in [0.25, 0.3) is 0 Å². The Labute approximate surface area is 111 Å². The number of carbonyl (C=O) groups is 1. The quantitative estimate of drug-likeness (QED) is 0.682. The lowest BCUT2D eigenvalue weighted by molar-refractivity contribution is -0.136. The molecule has 0 atom stereocenters. The Morgan fingerprint density at radius 2 is 1.78 bits per heavy atom. The molecule has 1 saturated carbocycles. The van der Waals surface area contributed by atoms with Crippen LogP contribution >= 0.6 is 0 Å². The molecule has 2 fully saturated rings. The Morgan fingerprint density at radius 1 is 1.11 bits per heavy atom. The normalized spacial score (nSPS) is 24.3. The van der Waals surface area contributed by atoms with Crippen LogP contribution in [0.4, 0.5) is 0 Å². The molecule has 2 rings (SSSR count). The van der Waals surface area contributed by atoms with Crippen molar-refractivity contribution in [3.63, 3.8) is 0 Å². The molecule has 0 amide bonds. The van der Waals surface area contributed by atoms with Crippen LogP contribution in [0.3, 0.4) is 0 Å². The molecule has 0 spiro atoms. The monoisotopic (exact) mass is 253 g/mol. The summed E-state index contributed by atoms with van der Waals surface area (Å²) in [7, 11) is 0. The van der Waals surface area contributed by atoms with Gasteiger partial charge in [-0.15, -0.1) is 0 Å². The third-order valence-corrected chi connectivity index (χ3v) is 4.49. The number of hydrogen-bond donors (Lipinski definition) is 0. The van der Waals surface area contributed by atoms with Gasteiger partial charge in [-0.3, -0.25) is 9.69 Å². The highest BCUT2D eigenvalue weighted by molar-refractivity contribution is 5.89. The molecule has 0 aromatic rings. The highest BCUT2D eigenvalue weighted by Crippen LogP contribution is 2.37. The van der Waals surface area contributed by atoms with Gasteiger partial charge in [0, 0.05) is 6.61 Å². The summed E-state index contributed by atoms with van der Waals surface area (Å²) in [6.07, 6.45) is 9.35. The second kappa shape index (κ2) is 6.67. The summed E-state index contributed by atoms with van der Waals surface area (Å²) >= 11 is 0. The zero-order valence-corrected chi connectivity index (χ0v) is 11.7. The number of likely N-dealkylation sites (tertiary alicyclic amines) is 1. The molecule has 0 bridgehead atoms. The molecule has 104 valence electrons. The summed E-state index contributed by atoms with van der Waals surface area (Å²) in [5.41, 5.74) is -0.159. The van der Waals surface area contributed by atoms with E-state index >= 15 is 0 Å². The molecule has 0 unspecified atom stereocenters. The van der Waals surface area contributed by atoms with Crippen molar-refractivity contribution < 1.29 is 9.53 Å². The summed E-state index contributed by atoms with van der Waals surface area (Å²) in [4.78, 5) is 15.0.